The summed E-state index contributed by atoms with van der Waals surface area (Å²) in [6, 6.07) is 9.95. The molecule has 1 saturated heterocycles. The molecule has 0 unspecified atom stereocenters. The van der Waals surface area contributed by atoms with Crippen LogP contribution in [0.4, 0.5) is 5.69 Å². The van der Waals surface area contributed by atoms with Gasteiger partial charge in [-0.2, -0.15) is 0 Å². The Morgan fingerprint density at radius 1 is 1.26 bits per heavy atom. The first-order valence-corrected chi connectivity index (χ1v) is 8.32. The lowest BCUT2D eigenvalue weighted by molar-refractivity contribution is -0.115. The molecule has 2 heterocycles. The molecule has 1 aliphatic rings. The first kappa shape index (κ1) is 15.6. The zero-order valence-electron chi connectivity index (χ0n) is 13.3. The number of rotatable bonds is 3. The summed E-state index contributed by atoms with van der Waals surface area (Å²) in [7, 11) is 0. The van der Waals surface area contributed by atoms with Crippen LogP contribution < -0.4 is 5.32 Å². The second-order valence-corrected chi connectivity index (χ2v) is 6.40. The minimum absolute atomic E-state index is 0.128. The monoisotopic (exact) mass is 326 g/mol. The third-order valence-corrected chi connectivity index (χ3v) is 4.50. The van der Waals surface area contributed by atoms with Crippen molar-refractivity contribution in [3.63, 3.8) is 0 Å². The molecule has 1 amide bonds. The second kappa shape index (κ2) is 6.46. The predicted octanol–water partition coefficient (Wildman–Crippen LogP) is 4.35. The largest absolute Gasteiger partial charge is 0.466 e. The van der Waals surface area contributed by atoms with E-state index in [-0.39, 0.29) is 5.91 Å². The van der Waals surface area contributed by atoms with E-state index in [0.717, 1.165) is 29.2 Å². The molecule has 0 saturated carbocycles. The van der Waals surface area contributed by atoms with E-state index in [1.165, 1.54) is 17.3 Å². The van der Waals surface area contributed by atoms with Gasteiger partial charge in [0.2, 0.25) is 0 Å². The van der Waals surface area contributed by atoms with Gasteiger partial charge in [-0.3, -0.25) is 4.79 Å². The number of hydrogen-bond donors (Lipinski definition) is 1. The van der Waals surface area contributed by atoms with E-state index < -0.39 is 0 Å². The molecular formula is C18H18N2O2S. The Bertz CT molecular complexity index is 801. The minimum atomic E-state index is -0.128. The second-order valence-electron chi connectivity index (χ2n) is 5.37. The highest BCUT2D eigenvalue weighted by atomic mass is 32.2. The van der Waals surface area contributed by atoms with Gasteiger partial charge in [-0.1, -0.05) is 19.1 Å². The van der Waals surface area contributed by atoms with Crippen molar-refractivity contribution in [2.24, 2.45) is 4.99 Å². The number of aliphatic imine (C=N–C) groups is 1. The third kappa shape index (κ3) is 3.56. The van der Waals surface area contributed by atoms with Gasteiger partial charge >= 0.3 is 0 Å². The average molecular weight is 326 g/mol. The van der Waals surface area contributed by atoms with Crippen molar-refractivity contribution in [1.29, 1.82) is 0 Å². The standard InChI is InChI=1S/C18H18N2O2S/c1-4-13-5-7-15(8-6-13)19-18-20-17(21)16(23-18)10-14-9-11(2)22-12(14)3/h5-10H,4H2,1-3H3,(H,19,20,21)/b16-10-. The van der Waals surface area contributed by atoms with Crippen molar-refractivity contribution in [2.45, 2.75) is 27.2 Å². The Morgan fingerprint density at radius 3 is 2.61 bits per heavy atom. The summed E-state index contributed by atoms with van der Waals surface area (Å²) >= 11 is 1.35. The van der Waals surface area contributed by atoms with Crippen LogP contribution in [0, 0.1) is 13.8 Å². The molecule has 5 heteroatoms. The van der Waals surface area contributed by atoms with E-state index >= 15 is 0 Å². The fourth-order valence-corrected chi connectivity index (χ4v) is 3.17. The smallest absolute Gasteiger partial charge is 0.264 e. The summed E-state index contributed by atoms with van der Waals surface area (Å²) < 4.78 is 5.49. The molecule has 1 N–H and O–H groups in total. The fraction of sp³-hybridized carbons (Fsp3) is 0.222. The van der Waals surface area contributed by atoms with Crippen molar-refractivity contribution in [3.8, 4) is 0 Å². The van der Waals surface area contributed by atoms with Crippen LogP contribution in [-0.4, -0.2) is 11.1 Å². The molecule has 0 aliphatic carbocycles. The number of nitrogens with zero attached hydrogens (tertiary/aromatic N) is 1. The molecule has 1 fully saturated rings. The van der Waals surface area contributed by atoms with Gasteiger partial charge in [-0.25, -0.2) is 4.99 Å². The van der Waals surface area contributed by atoms with E-state index in [4.69, 9.17) is 4.42 Å². The fourth-order valence-electron chi connectivity index (χ4n) is 2.34. The van der Waals surface area contributed by atoms with Gasteiger partial charge in [-0.15, -0.1) is 0 Å². The third-order valence-electron chi connectivity index (χ3n) is 3.59. The number of furan rings is 1. The topological polar surface area (TPSA) is 54.6 Å². The highest BCUT2D eigenvalue weighted by Gasteiger charge is 2.24. The van der Waals surface area contributed by atoms with Crippen LogP contribution in [0.25, 0.3) is 6.08 Å². The molecule has 2 aromatic rings. The van der Waals surface area contributed by atoms with Gasteiger partial charge in [-0.05, 0) is 61.9 Å². The van der Waals surface area contributed by atoms with Gasteiger partial charge in [0.25, 0.3) is 5.91 Å². The van der Waals surface area contributed by atoms with Crippen molar-refractivity contribution in [3.05, 3.63) is 57.9 Å². The zero-order chi connectivity index (χ0) is 16.4. The normalized spacial score (nSPS) is 18.0. The van der Waals surface area contributed by atoms with Crippen LogP contribution in [0.2, 0.25) is 0 Å². The summed E-state index contributed by atoms with van der Waals surface area (Å²) in [6.45, 7) is 5.90. The predicted molar refractivity (Wildman–Crippen MR) is 94.8 cm³/mol. The number of amides is 1. The molecule has 23 heavy (non-hydrogen) atoms. The number of amidine groups is 1. The number of nitrogens with one attached hydrogen (secondary N) is 1. The Balaban J connectivity index is 1.81. The number of benzene rings is 1. The van der Waals surface area contributed by atoms with Gasteiger partial charge < -0.3 is 9.73 Å². The van der Waals surface area contributed by atoms with Crippen molar-refractivity contribution >= 4 is 34.6 Å². The Labute approximate surface area is 139 Å². The highest BCUT2D eigenvalue weighted by molar-refractivity contribution is 8.18. The van der Waals surface area contributed by atoms with E-state index in [1.54, 1.807) is 0 Å². The van der Waals surface area contributed by atoms with Gasteiger partial charge in [0, 0.05) is 5.56 Å². The highest BCUT2D eigenvalue weighted by Crippen LogP contribution is 2.29. The maximum Gasteiger partial charge on any atom is 0.264 e. The molecule has 118 valence electrons. The summed E-state index contributed by atoms with van der Waals surface area (Å²) in [5.74, 6) is 1.52. The van der Waals surface area contributed by atoms with Gasteiger partial charge in [0.05, 0.1) is 10.6 Å². The van der Waals surface area contributed by atoms with E-state index in [2.05, 4.69) is 29.4 Å². The van der Waals surface area contributed by atoms with Crippen LogP contribution in [-0.2, 0) is 11.2 Å². The number of carbonyl (C=O) groups is 1. The minimum Gasteiger partial charge on any atom is -0.466 e. The summed E-state index contributed by atoms with van der Waals surface area (Å²) in [6.07, 6.45) is 2.84. The Morgan fingerprint density at radius 2 is 2.00 bits per heavy atom. The average Bonchev–Trinajstić information content (AvgIpc) is 3.02. The molecule has 3 rings (SSSR count). The summed E-state index contributed by atoms with van der Waals surface area (Å²) in [4.78, 5) is 17.2. The first-order valence-electron chi connectivity index (χ1n) is 7.50. The van der Waals surface area contributed by atoms with Crippen molar-refractivity contribution in [1.82, 2.24) is 5.32 Å². The number of hydrogen-bond acceptors (Lipinski definition) is 4. The molecule has 0 radical (unpaired) electrons. The number of carbonyl (C=O) groups excluding carboxylic acids is 1. The molecule has 0 bridgehead atoms. The maximum atomic E-state index is 12.1. The van der Waals surface area contributed by atoms with E-state index in [1.807, 2.05) is 38.1 Å². The molecule has 0 atom stereocenters. The Kier molecular flexibility index (Phi) is 4.39. The van der Waals surface area contributed by atoms with Crippen LogP contribution in [0.1, 0.15) is 29.6 Å². The van der Waals surface area contributed by atoms with Gasteiger partial charge in [0.1, 0.15) is 11.5 Å². The zero-order valence-corrected chi connectivity index (χ0v) is 14.2. The van der Waals surface area contributed by atoms with Crippen LogP contribution in [0.5, 0.6) is 0 Å². The summed E-state index contributed by atoms with van der Waals surface area (Å²) in [5.41, 5.74) is 3.03. The molecule has 1 aromatic heterocycles. The van der Waals surface area contributed by atoms with Gasteiger partial charge in [0.15, 0.2) is 5.17 Å². The lowest BCUT2D eigenvalue weighted by atomic mass is 10.2. The molecule has 1 aromatic carbocycles. The van der Waals surface area contributed by atoms with E-state index in [9.17, 15) is 4.79 Å². The molecular weight excluding hydrogens is 308 g/mol. The lowest BCUT2D eigenvalue weighted by Gasteiger charge is -1.98. The van der Waals surface area contributed by atoms with Crippen LogP contribution in [0.3, 0.4) is 0 Å². The number of aryl methyl sites for hydroxylation is 3. The number of thioether (sulfide) groups is 1. The molecule has 0 spiro atoms. The first-order chi connectivity index (χ1) is 11.0. The Hall–Kier alpha value is -2.27. The van der Waals surface area contributed by atoms with E-state index in [0.29, 0.717) is 10.1 Å². The van der Waals surface area contributed by atoms with Crippen LogP contribution in [0.15, 0.2) is 44.6 Å². The van der Waals surface area contributed by atoms with Crippen molar-refractivity contribution < 1.29 is 9.21 Å². The molecule has 4 nitrogen and oxygen atoms in total. The quantitative estimate of drug-likeness (QED) is 0.853. The van der Waals surface area contributed by atoms with Crippen LogP contribution >= 0.6 is 11.8 Å². The van der Waals surface area contributed by atoms with Crippen molar-refractivity contribution in [2.75, 3.05) is 0 Å². The summed E-state index contributed by atoms with van der Waals surface area (Å²) in [5, 5.41) is 3.40. The lowest BCUT2D eigenvalue weighted by Crippen LogP contribution is -2.19. The SMILES string of the molecule is CCc1ccc(N=C2NC(=O)/C(=C/c3cc(C)oc3C)S2)cc1. The molecule has 1 aliphatic heterocycles. The maximum absolute atomic E-state index is 12.1.